The Hall–Kier alpha value is -2.31. The van der Waals surface area contributed by atoms with Gasteiger partial charge in [0, 0.05) is 0 Å². The third-order valence-corrected chi connectivity index (χ3v) is 1.85. The maximum absolute atomic E-state index is 13.2. The van der Waals surface area contributed by atoms with Crippen LogP contribution >= 0.6 is 0 Å². The average molecular weight is 241 g/mol. The van der Waals surface area contributed by atoms with Gasteiger partial charge in [-0.25, -0.2) is 9.37 Å². The molecule has 0 saturated carbocycles. The van der Waals surface area contributed by atoms with Gasteiger partial charge in [0.2, 0.25) is 17.6 Å². The summed E-state index contributed by atoms with van der Waals surface area (Å²) in [6.45, 7) is 0. The second kappa shape index (κ2) is 4.28. The molecule has 0 amide bonds. The monoisotopic (exact) mass is 241 g/mol. The van der Waals surface area contributed by atoms with E-state index in [0.29, 0.717) is 0 Å². The van der Waals surface area contributed by atoms with E-state index < -0.39 is 29.1 Å². The number of halogens is 3. The number of hydrogen-bond acceptors (Lipinski definition) is 4. The molecule has 0 aliphatic heterocycles. The molecule has 17 heavy (non-hydrogen) atoms. The largest absolute Gasteiger partial charge is 0.433 e. The fourth-order valence-corrected chi connectivity index (χ4v) is 1.10. The molecule has 7 heteroatoms. The van der Waals surface area contributed by atoms with Crippen molar-refractivity contribution < 1.29 is 17.9 Å². The van der Waals surface area contributed by atoms with Gasteiger partial charge in [-0.05, 0) is 12.1 Å². The first-order chi connectivity index (χ1) is 8.08. The van der Waals surface area contributed by atoms with Crippen molar-refractivity contribution >= 4 is 5.95 Å². The Morgan fingerprint density at radius 1 is 1.12 bits per heavy atom. The molecule has 0 radical (unpaired) electrons. The Morgan fingerprint density at radius 2 is 1.88 bits per heavy atom. The normalized spacial score (nSPS) is 10.3. The van der Waals surface area contributed by atoms with Crippen LogP contribution in [0.3, 0.4) is 0 Å². The number of nitrogen functional groups attached to an aromatic ring is 1. The van der Waals surface area contributed by atoms with Gasteiger partial charge in [-0.2, -0.15) is 13.8 Å². The number of anilines is 1. The summed E-state index contributed by atoms with van der Waals surface area (Å²) in [5.74, 6) is -4.56. The van der Waals surface area contributed by atoms with E-state index in [2.05, 4.69) is 9.97 Å². The second-order valence-corrected chi connectivity index (χ2v) is 3.04. The van der Waals surface area contributed by atoms with E-state index in [9.17, 15) is 13.2 Å². The van der Waals surface area contributed by atoms with Crippen LogP contribution in [0.1, 0.15) is 0 Å². The van der Waals surface area contributed by atoms with Crippen LogP contribution in [0, 0.1) is 17.5 Å². The van der Waals surface area contributed by atoms with Crippen LogP contribution in [-0.4, -0.2) is 9.97 Å². The Kier molecular flexibility index (Phi) is 2.82. The molecule has 0 fully saturated rings. The lowest BCUT2D eigenvalue weighted by Crippen LogP contribution is -2.00. The summed E-state index contributed by atoms with van der Waals surface area (Å²) >= 11 is 0. The van der Waals surface area contributed by atoms with Crippen LogP contribution in [0.2, 0.25) is 0 Å². The van der Waals surface area contributed by atoms with Gasteiger partial charge in [-0.3, -0.25) is 0 Å². The summed E-state index contributed by atoms with van der Waals surface area (Å²) in [6, 6.07) is 3.26. The molecule has 2 N–H and O–H groups in total. The highest BCUT2D eigenvalue weighted by Crippen LogP contribution is 2.26. The molecule has 0 bridgehead atoms. The van der Waals surface area contributed by atoms with Crippen LogP contribution < -0.4 is 10.5 Å². The van der Waals surface area contributed by atoms with Crippen molar-refractivity contribution in [2.75, 3.05) is 5.73 Å². The van der Waals surface area contributed by atoms with Crippen molar-refractivity contribution in [3.63, 3.8) is 0 Å². The first-order valence-corrected chi connectivity index (χ1v) is 4.48. The Balaban J connectivity index is 2.38. The first kappa shape index (κ1) is 11.2. The first-order valence-electron chi connectivity index (χ1n) is 4.48. The lowest BCUT2D eigenvalue weighted by molar-refractivity contribution is 0.383. The van der Waals surface area contributed by atoms with Crippen LogP contribution in [0.4, 0.5) is 19.1 Å². The van der Waals surface area contributed by atoms with E-state index in [4.69, 9.17) is 10.5 Å². The van der Waals surface area contributed by atoms with Crippen LogP contribution in [0.5, 0.6) is 11.6 Å². The summed E-state index contributed by atoms with van der Waals surface area (Å²) < 4.78 is 44.0. The zero-order chi connectivity index (χ0) is 12.4. The second-order valence-electron chi connectivity index (χ2n) is 3.04. The minimum Gasteiger partial charge on any atom is -0.433 e. The van der Waals surface area contributed by atoms with Crippen LogP contribution in [0.15, 0.2) is 24.4 Å². The van der Waals surface area contributed by atoms with Crippen molar-refractivity contribution in [2.24, 2.45) is 0 Å². The standard InChI is InChI=1S/C10H6F3N3O/c11-5-2-1-3-7(8(5)13)17-9-6(12)4-15-10(14)16-9/h1-4H,(H2,14,15,16). The Labute approximate surface area is 93.9 Å². The fourth-order valence-electron chi connectivity index (χ4n) is 1.10. The summed E-state index contributed by atoms with van der Waals surface area (Å²) in [6.07, 6.45) is 0.773. The molecular formula is C10H6F3N3O. The fraction of sp³-hybridized carbons (Fsp3) is 0. The highest BCUT2D eigenvalue weighted by molar-refractivity contribution is 5.31. The predicted octanol–water partition coefficient (Wildman–Crippen LogP) is 2.27. The minimum atomic E-state index is -1.23. The van der Waals surface area contributed by atoms with Gasteiger partial charge in [0.05, 0.1) is 6.20 Å². The molecule has 0 spiro atoms. The molecule has 0 unspecified atom stereocenters. The molecule has 2 rings (SSSR count). The lowest BCUT2D eigenvalue weighted by Gasteiger charge is -2.06. The van der Waals surface area contributed by atoms with E-state index in [-0.39, 0.29) is 5.95 Å². The SMILES string of the molecule is Nc1ncc(F)c(Oc2cccc(F)c2F)n1. The van der Waals surface area contributed by atoms with Crippen molar-refractivity contribution in [2.45, 2.75) is 0 Å². The third kappa shape index (κ3) is 2.27. The highest BCUT2D eigenvalue weighted by Gasteiger charge is 2.13. The molecule has 4 nitrogen and oxygen atoms in total. The van der Waals surface area contributed by atoms with Gasteiger partial charge in [0.25, 0.3) is 5.88 Å². The van der Waals surface area contributed by atoms with Crippen molar-refractivity contribution in [3.05, 3.63) is 41.8 Å². The van der Waals surface area contributed by atoms with E-state index in [1.807, 2.05) is 0 Å². The number of hydrogen-bond donors (Lipinski definition) is 1. The minimum absolute atomic E-state index is 0.238. The van der Waals surface area contributed by atoms with Gasteiger partial charge in [-0.15, -0.1) is 0 Å². The van der Waals surface area contributed by atoms with Crippen molar-refractivity contribution in [3.8, 4) is 11.6 Å². The molecule has 0 aliphatic carbocycles. The topological polar surface area (TPSA) is 61.0 Å². The van der Waals surface area contributed by atoms with Crippen LogP contribution in [-0.2, 0) is 0 Å². The van der Waals surface area contributed by atoms with Gasteiger partial charge >= 0.3 is 0 Å². The highest BCUT2D eigenvalue weighted by atomic mass is 19.2. The zero-order valence-corrected chi connectivity index (χ0v) is 8.32. The summed E-state index contributed by atoms with van der Waals surface area (Å²) in [7, 11) is 0. The number of ether oxygens (including phenoxy) is 1. The number of benzene rings is 1. The Morgan fingerprint density at radius 3 is 2.65 bits per heavy atom. The average Bonchev–Trinajstić information content (AvgIpc) is 2.30. The molecule has 1 aromatic carbocycles. The molecule has 2 aromatic rings. The molecular weight excluding hydrogens is 235 g/mol. The quantitative estimate of drug-likeness (QED) is 0.876. The summed E-state index contributed by atoms with van der Waals surface area (Å²) in [4.78, 5) is 6.78. The smallest absolute Gasteiger partial charge is 0.260 e. The molecule has 1 heterocycles. The maximum Gasteiger partial charge on any atom is 0.260 e. The summed E-state index contributed by atoms with van der Waals surface area (Å²) in [5.41, 5.74) is 5.21. The third-order valence-electron chi connectivity index (χ3n) is 1.85. The van der Waals surface area contributed by atoms with Crippen molar-refractivity contribution in [1.82, 2.24) is 9.97 Å². The number of nitrogens with zero attached hydrogens (tertiary/aromatic N) is 2. The molecule has 88 valence electrons. The molecule has 1 aromatic heterocycles. The Bertz CT molecular complexity index is 562. The number of rotatable bonds is 2. The van der Waals surface area contributed by atoms with Gasteiger partial charge < -0.3 is 10.5 Å². The molecule has 0 aliphatic rings. The van der Waals surface area contributed by atoms with E-state index >= 15 is 0 Å². The van der Waals surface area contributed by atoms with E-state index in [1.54, 1.807) is 0 Å². The van der Waals surface area contributed by atoms with Gasteiger partial charge in [-0.1, -0.05) is 6.07 Å². The zero-order valence-electron chi connectivity index (χ0n) is 8.32. The molecule has 0 atom stereocenters. The molecule has 0 saturated heterocycles. The van der Waals surface area contributed by atoms with Crippen molar-refractivity contribution in [1.29, 1.82) is 0 Å². The number of nitrogens with two attached hydrogens (primary N) is 1. The predicted molar refractivity (Wildman–Crippen MR) is 52.8 cm³/mol. The van der Waals surface area contributed by atoms with E-state index in [1.165, 1.54) is 6.07 Å². The lowest BCUT2D eigenvalue weighted by atomic mass is 10.3. The van der Waals surface area contributed by atoms with E-state index in [0.717, 1.165) is 18.3 Å². The van der Waals surface area contributed by atoms with Crippen LogP contribution in [0.25, 0.3) is 0 Å². The summed E-state index contributed by atoms with van der Waals surface area (Å²) in [5, 5.41) is 0. The maximum atomic E-state index is 13.2. The van der Waals surface area contributed by atoms with Gasteiger partial charge in [0.1, 0.15) is 0 Å². The number of aromatic nitrogens is 2. The van der Waals surface area contributed by atoms with Gasteiger partial charge in [0.15, 0.2) is 11.6 Å².